The SMILES string of the molecule is Cn1cc(C(=O)NCC(c2ccc(Cl)cc2)N2CCOCC2)c2ccccc21. The van der Waals surface area contributed by atoms with Crippen molar-refractivity contribution >= 4 is 28.4 Å². The molecule has 4 rings (SSSR count). The summed E-state index contributed by atoms with van der Waals surface area (Å²) in [6.07, 6.45) is 1.89. The number of benzene rings is 2. The molecule has 0 aliphatic carbocycles. The molecule has 0 radical (unpaired) electrons. The number of nitrogens with zero attached hydrogens (tertiary/aromatic N) is 2. The molecule has 146 valence electrons. The molecule has 6 heteroatoms. The van der Waals surface area contributed by atoms with Gasteiger partial charge in [-0.2, -0.15) is 0 Å². The number of nitrogens with one attached hydrogen (secondary N) is 1. The maximum atomic E-state index is 13.0. The first-order valence-corrected chi connectivity index (χ1v) is 9.91. The Balaban J connectivity index is 1.54. The van der Waals surface area contributed by atoms with Crippen molar-refractivity contribution in [3.63, 3.8) is 0 Å². The van der Waals surface area contributed by atoms with Crippen molar-refractivity contribution < 1.29 is 9.53 Å². The highest BCUT2D eigenvalue weighted by molar-refractivity contribution is 6.30. The van der Waals surface area contributed by atoms with Crippen LogP contribution < -0.4 is 5.32 Å². The van der Waals surface area contributed by atoms with Gasteiger partial charge in [0.2, 0.25) is 0 Å². The van der Waals surface area contributed by atoms with Gasteiger partial charge in [0.05, 0.1) is 24.8 Å². The number of aryl methyl sites for hydroxylation is 1. The molecule has 1 amide bonds. The average Bonchev–Trinajstić information content (AvgIpc) is 3.07. The predicted octanol–water partition coefficient (Wildman–Crippen LogP) is 3.64. The zero-order valence-corrected chi connectivity index (χ0v) is 16.7. The highest BCUT2D eigenvalue weighted by Crippen LogP contribution is 2.24. The molecule has 1 aliphatic rings. The number of hydrogen-bond acceptors (Lipinski definition) is 3. The maximum Gasteiger partial charge on any atom is 0.253 e. The predicted molar refractivity (Wildman–Crippen MR) is 112 cm³/mol. The first-order chi connectivity index (χ1) is 13.6. The van der Waals surface area contributed by atoms with E-state index in [-0.39, 0.29) is 11.9 Å². The molecule has 28 heavy (non-hydrogen) atoms. The monoisotopic (exact) mass is 397 g/mol. The van der Waals surface area contributed by atoms with Crippen LogP contribution in [0.15, 0.2) is 54.7 Å². The quantitative estimate of drug-likeness (QED) is 0.715. The molecule has 3 aromatic rings. The van der Waals surface area contributed by atoms with Gasteiger partial charge in [0.25, 0.3) is 5.91 Å². The first kappa shape index (κ1) is 19.0. The number of amides is 1. The Morgan fingerprint density at radius 1 is 1.14 bits per heavy atom. The van der Waals surface area contributed by atoms with Crippen molar-refractivity contribution in [2.24, 2.45) is 7.05 Å². The van der Waals surface area contributed by atoms with Crippen LogP contribution in [0, 0.1) is 0 Å². The van der Waals surface area contributed by atoms with E-state index in [9.17, 15) is 4.79 Å². The van der Waals surface area contributed by atoms with Crippen LogP contribution in [0.4, 0.5) is 0 Å². The second-order valence-corrected chi connectivity index (χ2v) is 7.53. The highest BCUT2D eigenvalue weighted by Gasteiger charge is 2.24. The summed E-state index contributed by atoms with van der Waals surface area (Å²) in [6.45, 7) is 3.64. The third kappa shape index (κ3) is 3.92. The fraction of sp³-hybridized carbons (Fsp3) is 0.318. The van der Waals surface area contributed by atoms with E-state index in [1.807, 2.05) is 66.3 Å². The van der Waals surface area contributed by atoms with E-state index < -0.39 is 0 Å². The average molecular weight is 398 g/mol. The second kappa shape index (κ2) is 8.35. The molecule has 1 unspecified atom stereocenters. The summed E-state index contributed by atoms with van der Waals surface area (Å²) in [5.41, 5.74) is 2.90. The lowest BCUT2D eigenvalue weighted by molar-refractivity contribution is 0.0162. The molecule has 1 N–H and O–H groups in total. The lowest BCUT2D eigenvalue weighted by atomic mass is 10.0. The topological polar surface area (TPSA) is 46.5 Å². The molecule has 2 heterocycles. The minimum Gasteiger partial charge on any atom is -0.379 e. The van der Waals surface area contributed by atoms with E-state index in [1.165, 1.54) is 0 Å². The molecular weight excluding hydrogens is 374 g/mol. The molecule has 1 saturated heterocycles. The maximum absolute atomic E-state index is 13.0. The second-order valence-electron chi connectivity index (χ2n) is 7.10. The van der Waals surface area contributed by atoms with E-state index >= 15 is 0 Å². The van der Waals surface area contributed by atoms with Gasteiger partial charge in [-0.3, -0.25) is 9.69 Å². The van der Waals surface area contributed by atoms with Gasteiger partial charge in [-0.1, -0.05) is 41.9 Å². The van der Waals surface area contributed by atoms with Crippen molar-refractivity contribution in [2.75, 3.05) is 32.8 Å². The van der Waals surface area contributed by atoms with Gasteiger partial charge in [-0.05, 0) is 23.8 Å². The van der Waals surface area contributed by atoms with Gasteiger partial charge in [0.15, 0.2) is 0 Å². The molecule has 0 bridgehead atoms. The van der Waals surface area contributed by atoms with E-state index in [1.54, 1.807) is 0 Å². The summed E-state index contributed by atoms with van der Waals surface area (Å²) in [7, 11) is 1.96. The van der Waals surface area contributed by atoms with Crippen LogP contribution in [-0.2, 0) is 11.8 Å². The van der Waals surface area contributed by atoms with Crippen molar-refractivity contribution in [3.05, 3.63) is 70.9 Å². The summed E-state index contributed by atoms with van der Waals surface area (Å²) in [6, 6.07) is 15.9. The van der Waals surface area contributed by atoms with E-state index in [2.05, 4.69) is 10.2 Å². The van der Waals surface area contributed by atoms with Crippen LogP contribution in [0.2, 0.25) is 5.02 Å². The first-order valence-electron chi connectivity index (χ1n) is 9.53. The summed E-state index contributed by atoms with van der Waals surface area (Å²) >= 11 is 6.06. The van der Waals surface area contributed by atoms with Gasteiger partial charge < -0.3 is 14.6 Å². The lowest BCUT2D eigenvalue weighted by Gasteiger charge is -2.35. The van der Waals surface area contributed by atoms with Gasteiger partial charge in [0, 0.05) is 48.8 Å². The Kier molecular flexibility index (Phi) is 5.67. The fourth-order valence-corrected chi connectivity index (χ4v) is 3.97. The number of hydrogen-bond donors (Lipinski definition) is 1. The normalized spacial score (nSPS) is 16.2. The molecule has 0 spiro atoms. The van der Waals surface area contributed by atoms with Crippen molar-refractivity contribution in [1.82, 2.24) is 14.8 Å². The van der Waals surface area contributed by atoms with E-state index in [0.717, 1.165) is 29.6 Å². The lowest BCUT2D eigenvalue weighted by Crippen LogP contribution is -2.43. The van der Waals surface area contributed by atoms with E-state index in [0.29, 0.717) is 30.3 Å². The molecule has 2 aromatic carbocycles. The number of aromatic nitrogens is 1. The Hall–Kier alpha value is -2.34. The van der Waals surface area contributed by atoms with Crippen LogP contribution in [0.25, 0.3) is 10.9 Å². The number of carbonyl (C=O) groups excluding carboxylic acids is 1. The molecule has 1 aromatic heterocycles. The van der Waals surface area contributed by atoms with Crippen LogP contribution in [0.1, 0.15) is 22.0 Å². The number of rotatable bonds is 5. The van der Waals surface area contributed by atoms with Crippen LogP contribution >= 0.6 is 11.6 Å². The van der Waals surface area contributed by atoms with Gasteiger partial charge in [-0.15, -0.1) is 0 Å². The van der Waals surface area contributed by atoms with E-state index in [4.69, 9.17) is 16.3 Å². The molecule has 1 fully saturated rings. The number of halogens is 1. The number of morpholine rings is 1. The van der Waals surface area contributed by atoms with Crippen molar-refractivity contribution in [2.45, 2.75) is 6.04 Å². The Morgan fingerprint density at radius 2 is 1.86 bits per heavy atom. The van der Waals surface area contributed by atoms with Crippen molar-refractivity contribution in [3.8, 4) is 0 Å². The van der Waals surface area contributed by atoms with Gasteiger partial charge >= 0.3 is 0 Å². The molecular formula is C22H24ClN3O2. The minimum absolute atomic E-state index is 0.0518. The molecule has 1 atom stereocenters. The summed E-state index contributed by atoms with van der Waals surface area (Å²) in [4.78, 5) is 15.3. The zero-order valence-electron chi connectivity index (χ0n) is 15.9. The number of para-hydroxylation sites is 1. The van der Waals surface area contributed by atoms with Crippen LogP contribution in [0.5, 0.6) is 0 Å². The summed E-state index contributed by atoms with van der Waals surface area (Å²) < 4.78 is 7.49. The Labute approximate surface area is 169 Å². The van der Waals surface area contributed by atoms with Crippen LogP contribution in [-0.4, -0.2) is 48.2 Å². The molecule has 0 saturated carbocycles. The number of carbonyl (C=O) groups is 1. The van der Waals surface area contributed by atoms with Crippen molar-refractivity contribution in [1.29, 1.82) is 0 Å². The Bertz CT molecular complexity index is 962. The zero-order chi connectivity index (χ0) is 19.5. The smallest absolute Gasteiger partial charge is 0.253 e. The molecule has 1 aliphatic heterocycles. The summed E-state index contributed by atoms with van der Waals surface area (Å²) in [5.74, 6) is -0.0518. The minimum atomic E-state index is -0.0518. The third-order valence-corrected chi connectivity index (χ3v) is 5.59. The van der Waals surface area contributed by atoms with Gasteiger partial charge in [-0.25, -0.2) is 0 Å². The number of fused-ring (bicyclic) bond motifs is 1. The third-order valence-electron chi connectivity index (χ3n) is 5.34. The standard InChI is InChI=1S/C22H24ClN3O2/c1-25-15-19(18-4-2-3-5-20(18)25)22(27)24-14-21(26-10-12-28-13-11-26)16-6-8-17(23)9-7-16/h2-9,15,21H,10-14H2,1H3,(H,24,27). The fourth-order valence-electron chi connectivity index (χ4n) is 3.84. The highest BCUT2D eigenvalue weighted by atomic mass is 35.5. The van der Waals surface area contributed by atoms with Gasteiger partial charge in [0.1, 0.15) is 0 Å². The number of ether oxygens (including phenoxy) is 1. The largest absolute Gasteiger partial charge is 0.379 e. The molecule has 5 nitrogen and oxygen atoms in total. The summed E-state index contributed by atoms with van der Waals surface area (Å²) in [5, 5.41) is 4.83. The Morgan fingerprint density at radius 3 is 2.61 bits per heavy atom. The van der Waals surface area contributed by atoms with Crippen LogP contribution in [0.3, 0.4) is 0 Å².